The maximum absolute atomic E-state index is 12.1. The topological polar surface area (TPSA) is 46.9 Å². The second-order valence-electron chi connectivity index (χ2n) is 5.40. The Hall–Kier alpha value is -2.88. The molecule has 0 spiro atoms. The summed E-state index contributed by atoms with van der Waals surface area (Å²) in [4.78, 5) is 12.1. The maximum atomic E-state index is 12.1. The van der Waals surface area contributed by atoms with E-state index in [0.29, 0.717) is 18.7 Å². The van der Waals surface area contributed by atoms with Crippen molar-refractivity contribution in [2.75, 3.05) is 6.54 Å². The summed E-state index contributed by atoms with van der Waals surface area (Å²) in [5, 5.41) is 7.19. The maximum Gasteiger partial charge on any atom is 0.254 e. The van der Waals surface area contributed by atoms with Crippen molar-refractivity contribution in [1.29, 1.82) is 0 Å². The van der Waals surface area contributed by atoms with Gasteiger partial charge in [0.2, 0.25) is 0 Å². The van der Waals surface area contributed by atoms with Crippen LogP contribution < -0.4 is 5.32 Å². The molecule has 3 rings (SSSR count). The first-order valence-electron chi connectivity index (χ1n) is 7.70. The molecule has 23 heavy (non-hydrogen) atoms. The highest BCUT2D eigenvalue weighted by molar-refractivity contribution is 5.93. The van der Waals surface area contributed by atoms with E-state index in [-0.39, 0.29) is 5.91 Å². The highest BCUT2D eigenvalue weighted by Gasteiger charge is 2.08. The number of carbonyl (C=O) groups is 1. The van der Waals surface area contributed by atoms with Crippen LogP contribution in [0.1, 0.15) is 21.5 Å². The molecule has 0 saturated carbocycles. The molecule has 0 unspecified atom stereocenters. The third-order valence-electron chi connectivity index (χ3n) is 3.62. The van der Waals surface area contributed by atoms with Crippen LogP contribution in [-0.2, 0) is 13.0 Å². The Kier molecular flexibility index (Phi) is 4.84. The van der Waals surface area contributed by atoms with Crippen LogP contribution in [0.25, 0.3) is 0 Å². The van der Waals surface area contributed by atoms with E-state index in [1.54, 1.807) is 17.1 Å². The standard InChI is InChI=1S/C19H19N3O/c23-19(20-12-11-16-7-3-1-4-8-16)18-13-21-22(15-18)14-17-9-5-2-6-10-17/h1-10,13,15H,11-12,14H2,(H,20,23). The first kappa shape index (κ1) is 15.0. The number of amides is 1. The molecule has 4 heteroatoms. The van der Waals surface area contributed by atoms with Gasteiger partial charge in [0.25, 0.3) is 5.91 Å². The van der Waals surface area contributed by atoms with Gasteiger partial charge in [-0.05, 0) is 17.5 Å². The lowest BCUT2D eigenvalue weighted by molar-refractivity contribution is 0.0954. The molecule has 0 atom stereocenters. The van der Waals surface area contributed by atoms with E-state index in [4.69, 9.17) is 0 Å². The van der Waals surface area contributed by atoms with Gasteiger partial charge < -0.3 is 5.32 Å². The molecule has 0 saturated heterocycles. The zero-order chi connectivity index (χ0) is 15.9. The molecule has 0 radical (unpaired) electrons. The van der Waals surface area contributed by atoms with Gasteiger partial charge in [0, 0.05) is 12.7 Å². The summed E-state index contributed by atoms with van der Waals surface area (Å²) in [7, 11) is 0. The average Bonchev–Trinajstić information content (AvgIpc) is 3.05. The van der Waals surface area contributed by atoms with Crippen molar-refractivity contribution in [2.45, 2.75) is 13.0 Å². The van der Waals surface area contributed by atoms with E-state index in [0.717, 1.165) is 12.0 Å². The Morgan fingerprint density at radius 1 is 0.957 bits per heavy atom. The number of carbonyl (C=O) groups excluding carboxylic acids is 1. The molecule has 0 aliphatic rings. The van der Waals surface area contributed by atoms with Crippen molar-refractivity contribution >= 4 is 5.91 Å². The number of benzene rings is 2. The summed E-state index contributed by atoms with van der Waals surface area (Å²) in [5.41, 5.74) is 2.97. The zero-order valence-corrected chi connectivity index (χ0v) is 12.9. The van der Waals surface area contributed by atoms with Gasteiger partial charge in [0.1, 0.15) is 0 Å². The van der Waals surface area contributed by atoms with Crippen LogP contribution >= 0.6 is 0 Å². The Balaban J connectivity index is 1.52. The first-order valence-corrected chi connectivity index (χ1v) is 7.70. The molecule has 0 aliphatic carbocycles. The smallest absolute Gasteiger partial charge is 0.254 e. The van der Waals surface area contributed by atoms with Gasteiger partial charge in [0.05, 0.1) is 18.3 Å². The largest absolute Gasteiger partial charge is 0.352 e. The van der Waals surface area contributed by atoms with Crippen LogP contribution in [0, 0.1) is 0 Å². The summed E-state index contributed by atoms with van der Waals surface area (Å²) in [6, 6.07) is 20.2. The summed E-state index contributed by atoms with van der Waals surface area (Å²) >= 11 is 0. The fourth-order valence-electron chi connectivity index (χ4n) is 2.40. The summed E-state index contributed by atoms with van der Waals surface area (Å²) in [5.74, 6) is -0.0831. The molecule has 0 bridgehead atoms. The Morgan fingerprint density at radius 2 is 1.61 bits per heavy atom. The van der Waals surface area contributed by atoms with Gasteiger partial charge in [-0.1, -0.05) is 60.7 Å². The van der Waals surface area contributed by atoms with Gasteiger partial charge >= 0.3 is 0 Å². The third kappa shape index (κ3) is 4.30. The Labute approximate surface area is 135 Å². The predicted molar refractivity (Wildman–Crippen MR) is 90.3 cm³/mol. The van der Waals surface area contributed by atoms with Gasteiger partial charge in [-0.3, -0.25) is 9.48 Å². The highest BCUT2D eigenvalue weighted by atomic mass is 16.1. The van der Waals surface area contributed by atoms with Gasteiger partial charge in [-0.25, -0.2) is 0 Å². The number of rotatable bonds is 6. The molecule has 1 heterocycles. The number of hydrogen-bond donors (Lipinski definition) is 1. The molecule has 3 aromatic rings. The lowest BCUT2D eigenvalue weighted by Gasteiger charge is -2.04. The highest BCUT2D eigenvalue weighted by Crippen LogP contribution is 2.04. The molecule has 116 valence electrons. The minimum atomic E-state index is -0.0831. The minimum absolute atomic E-state index is 0.0831. The molecule has 1 aromatic heterocycles. The number of aromatic nitrogens is 2. The lowest BCUT2D eigenvalue weighted by atomic mass is 10.1. The number of hydrogen-bond acceptors (Lipinski definition) is 2. The summed E-state index contributed by atoms with van der Waals surface area (Å²) in [6.45, 7) is 1.28. The minimum Gasteiger partial charge on any atom is -0.352 e. The number of nitrogens with zero attached hydrogens (tertiary/aromatic N) is 2. The fourth-order valence-corrected chi connectivity index (χ4v) is 2.40. The van der Waals surface area contributed by atoms with Crippen molar-refractivity contribution in [3.05, 3.63) is 89.7 Å². The van der Waals surface area contributed by atoms with E-state index in [1.165, 1.54) is 5.56 Å². The van der Waals surface area contributed by atoms with Crippen LogP contribution in [0.2, 0.25) is 0 Å². The second-order valence-corrected chi connectivity index (χ2v) is 5.40. The normalized spacial score (nSPS) is 10.4. The monoisotopic (exact) mass is 305 g/mol. The predicted octanol–water partition coefficient (Wildman–Crippen LogP) is 2.90. The van der Waals surface area contributed by atoms with E-state index in [9.17, 15) is 4.79 Å². The van der Waals surface area contributed by atoms with Crippen LogP contribution in [0.3, 0.4) is 0 Å². The molecule has 1 amide bonds. The van der Waals surface area contributed by atoms with Crippen LogP contribution in [0.15, 0.2) is 73.1 Å². The van der Waals surface area contributed by atoms with Crippen LogP contribution in [-0.4, -0.2) is 22.2 Å². The second kappa shape index (κ2) is 7.40. The molecule has 1 N–H and O–H groups in total. The van der Waals surface area contributed by atoms with E-state index in [2.05, 4.69) is 22.5 Å². The molecule has 0 aliphatic heterocycles. The van der Waals surface area contributed by atoms with Crippen LogP contribution in [0.5, 0.6) is 0 Å². The number of nitrogens with one attached hydrogen (secondary N) is 1. The van der Waals surface area contributed by atoms with Crippen LogP contribution in [0.4, 0.5) is 0 Å². The van der Waals surface area contributed by atoms with E-state index in [1.807, 2.05) is 48.5 Å². The van der Waals surface area contributed by atoms with Gasteiger partial charge in [0.15, 0.2) is 0 Å². The molecule has 4 nitrogen and oxygen atoms in total. The van der Waals surface area contributed by atoms with Crippen molar-refractivity contribution in [2.24, 2.45) is 0 Å². The zero-order valence-electron chi connectivity index (χ0n) is 12.9. The molecule has 0 fully saturated rings. The van der Waals surface area contributed by atoms with E-state index >= 15 is 0 Å². The van der Waals surface area contributed by atoms with Gasteiger partial charge in [-0.15, -0.1) is 0 Å². The van der Waals surface area contributed by atoms with Gasteiger partial charge in [-0.2, -0.15) is 5.10 Å². The molecule has 2 aromatic carbocycles. The van der Waals surface area contributed by atoms with E-state index < -0.39 is 0 Å². The average molecular weight is 305 g/mol. The quantitative estimate of drug-likeness (QED) is 0.761. The SMILES string of the molecule is O=C(NCCc1ccccc1)c1cnn(Cc2ccccc2)c1. The summed E-state index contributed by atoms with van der Waals surface area (Å²) < 4.78 is 1.78. The molecular formula is C19H19N3O. The third-order valence-corrected chi connectivity index (χ3v) is 3.62. The summed E-state index contributed by atoms with van der Waals surface area (Å²) in [6.07, 6.45) is 4.22. The molecular weight excluding hydrogens is 286 g/mol. The van der Waals surface area contributed by atoms with Crippen molar-refractivity contribution in [3.8, 4) is 0 Å². The van der Waals surface area contributed by atoms with Crippen molar-refractivity contribution in [1.82, 2.24) is 15.1 Å². The Bertz CT molecular complexity index is 751. The Morgan fingerprint density at radius 3 is 2.30 bits per heavy atom. The van der Waals surface area contributed by atoms with Crippen molar-refractivity contribution < 1.29 is 4.79 Å². The first-order chi connectivity index (χ1) is 11.3. The lowest BCUT2D eigenvalue weighted by Crippen LogP contribution is -2.25. The van der Waals surface area contributed by atoms with Crippen molar-refractivity contribution in [3.63, 3.8) is 0 Å². The fraction of sp³-hybridized carbons (Fsp3) is 0.158.